The van der Waals surface area contributed by atoms with Crippen LogP contribution in [0, 0.1) is 13.8 Å². The van der Waals surface area contributed by atoms with Gasteiger partial charge in [0.15, 0.2) is 0 Å². The summed E-state index contributed by atoms with van der Waals surface area (Å²) in [6.45, 7) is 8.91. The molecule has 1 aromatic carbocycles. The lowest BCUT2D eigenvalue weighted by atomic mass is 10.0. The van der Waals surface area contributed by atoms with Crippen LogP contribution in [0.5, 0.6) is 11.5 Å². The van der Waals surface area contributed by atoms with Gasteiger partial charge in [0, 0.05) is 18.2 Å². The largest absolute Gasteiger partial charge is 0.496 e. The molecule has 0 saturated carbocycles. The fourth-order valence-corrected chi connectivity index (χ4v) is 1.99. The molecule has 0 radical (unpaired) electrons. The number of nitrogens with two attached hydrogens (primary N) is 1. The van der Waals surface area contributed by atoms with E-state index in [9.17, 15) is 0 Å². The number of rotatable bonds is 6. The average molecular weight is 266 g/mol. The third-order valence-corrected chi connectivity index (χ3v) is 3.30. The molecule has 0 aliphatic rings. The van der Waals surface area contributed by atoms with Crippen LogP contribution >= 0.6 is 0 Å². The fraction of sp³-hybridized carbons (Fsp3) is 0.600. The summed E-state index contributed by atoms with van der Waals surface area (Å²) in [6, 6.07) is 1.98. The maximum absolute atomic E-state index is 5.98. The Hall–Kier alpha value is -1.42. The highest BCUT2D eigenvalue weighted by Gasteiger charge is 2.15. The number of benzene rings is 1. The third-order valence-electron chi connectivity index (χ3n) is 3.30. The zero-order chi connectivity index (χ0) is 14.6. The minimum Gasteiger partial charge on any atom is -0.496 e. The summed E-state index contributed by atoms with van der Waals surface area (Å²) in [5.74, 6) is 1.74. The lowest BCUT2D eigenvalue weighted by Gasteiger charge is -2.21. The highest BCUT2D eigenvalue weighted by Crippen LogP contribution is 2.36. The van der Waals surface area contributed by atoms with Crippen molar-refractivity contribution >= 4 is 5.69 Å². The van der Waals surface area contributed by atoms with Crippen molar-refractivity contribution in [3.8, 4) is 11.5 Å². The van der Waals surface area contributed by atoms with Crippen LogP contribution in [0.2, 0.25) is 0 Å². The molecule has 0 spiro atoms. The number of hydrogen-bond donors (Lipinski definition) is 2. The molecular weight excluding hydrogens is 240 g/mol. The van der Waals surface area contributed by atoms with Gasteiger partial charge in [-0.15, -0.1) is 0 Å². The first-order valence-corrected chi connectivity index (χ1v) is 6.55. The topological polar surface area (TPSA) is 56.5 Å². The Bertz CT molecular complexity index is 437. The van der Waals surface area contributed by atoms with Crippen LogP contribution in [0.3, 0.4) is 0 Å². The molecule has 4 heteroatoms. The van der Waals surface area contributed by atoms with Gasteiger partial charge >= 0.3 is 0 Å². The van der Waals surface area contributed by atoms with Crippen LogP contribution in [0.4, 0.5) is 5.69 Å². The van der Waals surface area contributed by atoms with Crippen molar-refractivity contribution in [2.45, 2.75) is 39.7 Å². The Balaban J connectivity index is 2.96. The molecule has 0 aliphatic carbocycles. The zero-order valence-electron chi connectivity index (χ0n) is 12.9. The molecule has 0 heterocycles. The standard InChI is InChI=1S/C15H26N2O2/c1-10-11(2)14(19-6)12(9-13(10)18-5)17-8-7-15(3,4)16/h9,17H,7-8,16H2,1-6H3. The lowest BCUT2D eigenvalue weighted by molar-refractivity contribution is 0.399. The molecule has 3 N–H and O–H groups in total. The molecule has 0 fully saturated rings. The number of ether oxygens (including phenoxy) is 2. The van der Waals surface area contributed by atoms with Crippen molar-refractivity contribution in [2.75, 3.05) is 26.1 Å². The quantitative estimate of drug-likeness (QED) is 0.831. The molecule has 0 aromatic heterocycles. The smallest absolute Gasteiger partial charge is 0.145 e. The second kappa shape index (κ2) is 6.15. The Morgan fingerprint density at radius 2 is 1.79 bits per heavy atom. The molecule has 108 valence electrons. The fourth-order valence-electron chi connectivity index (χ4n) is 1.99. The lowest BCUT2D eigenvalue weighted by Crippen LogP contribution is -2.34. The van der Waals surface area contributed by atoms with Gasteiger partial charge in [-0.05, 0) is 45.2 Å². The van der Waals surface area contributed by atoms with Crippen LogP contribution in [-0.2, 0) is 0 Å². The molecule has 0 saturated heterocycles. The first kappa shape index (κ1) is 15.6. The minimum atomic E-state index is -0.177. The van der Waals surface area contributed by atoms with E-state index < -0.39 is 0 Å². The van der Waals surface area contributed by atoms with E-state index in [2.05, 4.69) is 5.32 Å². The van der Waals surface area contributed by atoms with Crippen molar-refractivity contribution in [3.63, 3.8) is 0 Å². The maximum atomic E-state index is 5.98. The highest BCUT2D eigenvalue weighted by atomic mass is 16.5. The van der Waals surface area contributed by atoms with E-state index in [0.29, 0.717) is 0 Å². The third kappa shape index (κ3) is 4.03. The van der Waals surface area contributed by atoms with Gasteiger partial charge in [0.1, 0.15) is 11.5 Å². The van der Waals surface area contributed by atoms with Gasteiger partial charge in [0.05, 0.1) is 19.9 Å². The predicted octanol–water partition coefficient (Wildman–Crippen LogP) is 2.86. The van der Waals surface area contributed by atoms with Gasteiger partial charge < -0.3 is 20.5 Å². The molecule has 0 amide bonds. The molecule has 4 nitrogen and oxygen atoms in total. The molecule has 0 aliphatic heterocycles. The van der Waals surface area contributed by atoms with Crippen LogP contribution < -0.4 is 20.5 Å². The SMILES string of the molecule is COc1cc(NCCC(C)(C)N)c(OC)c(C)c1C. The van der Waals surface area contributed by atoms with Crippen LogP contribution in [0.15, 0.2) is 6.07 Å². The molecule has 0 unspecified atom stereocenters. The number of hydrogen-bond acceptors (Lipinski definition) is 4. The van der Waals surface area contributed by atoms with Crippen molar-refractivity contribution < 1.29 is 9.47 Å². The molecule has 1 rings (SSSR count). The van der Waals surface area contributed by atoms with Gasteiger partial charge in [-0.2, -0.15) is 0 Å². The minimum absolute atomic E-state index is 0.177. The normalized spacial score (nSPS) is 11.3. The summed E-state index contributed by atoms with van der Waals surface area (Å²) >= 11 is 0. The molecular formula is C15H26N2O2. The van der Waals surface area contributed by atoms with Crippen LogP contribution in [0.1, 0.15) is 31.4 Å². The molecule has 0 atom stereocenters. The van der Waals surface area contributed by atoms with E-state index in [0.717, 1.165) is 41.3 Å². The number of methoxy groups -OCH3 is 2. The van der Waals surface area contributed by atoms with Gasteiger partial charge in [0.2, 0.25) is 0 Å². The summed E-state index contributed by atoms with van der Waals surface area (Å²) in [4.78, 5) is 0. The zero-order valence-corrected chi connectivity index (χ0v) is 12.9. The molecule has 0 bridgehead atoms. The predicted molar refractivity (Wildman–Crippen MR) is 80.4 cm³/mol. The second-order valence-corrected chi connectivity index (χ2v) is 5.57. The van der Waals surface area contributed by atoms with Gasteiger partial charge in [-0.1, -0.05) is 0 Å². The van der Waals surface area contributed by atoms with Crippen molar-refractivity contribution in [3.05, 3.63) is 17.2 Å². The maximum Gasteiger partial charge on any atom is 0.145 e. The molecule has 1 aromatic rings. The summed E-state index contributed by atoms with van der Waals surface area (Å²) in [6.07, 6.45) is 0.880. The van der Waals surface area contributed by atoms with E-state index in [1.165, 1.54) is 0 Å². The number of nitrogens with one attached hydrogen (secondary N) is 1. The van der Waals surface area contributed by atoms with E-state index in [-0.39, 0.29) is 5.54 Å². The Morgan fingerprint density at radius 1 is 1.16 bits per heavy atom. The summed E-state index contributed by atoms with van der Waals surface area (Å²) in [5, 5.41) is 3.38. The van der Waals surface area contributed by atoms with Gasteiger partial charge in [-0.25, -0.2) is 0 Å². The van der Waals surface area contributed by atoms with E-state index in [1.54, 1.807) is 14.2 Å². The van der Waals surface area contributed by atoms with Crippen LogP contribution in [-0.4, -0.2) is 26.3 Å². The van der Waals surface area contributed by atoms with Crippen molar-refractivity contribution in [2.24, 2.45) is 5.73 Å². The Kier molecular flexibility index (Phi) is 5.06. The monoisotopic (exact) mass is 266 g/mol. The summed E-state index contributed by atoms with van der Waals surface area (Å²) in [7, 11) is 3.37. The summed E-state index contributed by atoms with van der Waals surface area (Å²) < 4.78 is 10.9. The van der Waals surface area contributed by atoms with Crippen LogP contribution in [0.25, 0.3) is 0 Å². The van der Waals surface area contributed by atoms with E-state index >= 15 is 0 Å². The van der Waals surface area contributed by atoms with Crippen molar-refractivity contribution in [1.82, 2.24) is 0 Å². The molecule has 19 heavy (non-hydrogen) atoms. The second-order valence-electron chi connectivity index (χ2n) is 5.57. The van der Waals surface area contributed by atoms with Gasteiger partial charge in [0.25, 0.3) is 0 Å². The van der Waals surface area contributed by atoms with Crippen molar-refractivity contribution in [1.29, 1.82) is 0 Å². The summed E-state index contributed by atoms with van der Waals surface area (Å²) in [5.41, 5.74) is 8.95. The average Bonchev–Trinajstić information content (AvgIpc) is 2.32. The number of anilines is 1. The van der Waals surface area contributed by atoms with E-state index in [4.69, 9.17) is 15.2 Å². The Morgan fingerprint density at radius 3 is 2.26 bits per heavy atom. The first-order chi connectivity index (χ1) is 8.80. The Labute approximate surface area is 116 Å². The first-order valence-electron chi connectivity index (χ1n) is 6.55. The van der Waals surface area contributed by atoms with E-state index in [1.807, 2.05) is 33.8 Å². The highest BCUT2D eigenvalue weighted by molar-refractivity contribution is 5.66. The van der Waals surface area contributed by atoms with Gasteiger partial charge in [-0.3, -0.25) is 0 Å².